The second kappa shape index (κ2) is 6.04. The number of ether oxygens (including phenoxy) is 1. The molecule has 3 heteroatoms. The van der Waals surface area contributed by atoms with Crippen LogP contribution >= 0.6 is 0 Å². The van der Waals surface area contributed by atoms with Crippen LogP contribution in [0, 0.1) is 5.92 Å². The van der Waals surface area contributed by atoms with Crippen molar-refractivity contribution in [2.45, 2.75) is 39.7 Å². The van der Waals surface area contributed by atoms with Gasteiger partial charge in [0.2, 0.25) is 0 Å². The molecule has 92 valence electrons. The fourth-order valence-corrected chi connectivity index (χ4v) is 2.19. The molecule has 0 bridgehead atoms. The first-order valence-electron chi connectivity index (χ1n) is 6.15. The predicted molar refractivity (Wildman–Crippen MR) is 65.2 cm³/mol. The lowest BCUT2D eigenvalue weighted by Gasteiger charge is -2.37. The average Bonchev–Trinajstić information content (AvgIpc) is 2.25. The lowest BCUT2D eigenvalue weighted by molar-refractivity contribution is -0.138. The summed E-state index contributed by atoms with van der Waals surface area (Å²) in [4.78, 5) is 13.8. The molecule has 0 spiro atoms. The Morgan fingerprint density at radius 3 is 2.81 bits per heavy atom. The highest BCUT2D eigenvalue weighted by Gasteiger charge is 2.25. The number of likely N-dealkylation sites (tertiary alicyclic amines) is 1. The van der Waals surface area contributed by atoms with Gasteiger partial charge in [0.25, 0.3) is 0 Å². The molecule has 1 aliphatic heterocycles. The van der Waals surface area contributed by atoms with Gasteiger partial charge in [0.15, 0.2) is 0 Å². The van der Waals surface area contributed by atoms with E-state index < -0.39 is 0 Å². The molecule has 0 aromatic rings. The van der Waals surface area contributed by atoms with Crippen molar-refractivity contribution in [1.82, 2.24) is 4.90 Å². The zero-order valence-corrected chi connectivity index (χ0v) is 10.7. The van der Waals surface area contributed by atoms with E-state index in [1.54, 1.807) is 0 Å². The molecule has 0 amide bonds. The normalized spacial score (nSPS) is 26.4. The Morgan fingerprint density at radius 1 is 1.50 bits per heavy atom. The first kappa shape index (κ1) is 13.2. The van der Waals surface area contributed by atoms with Crippen molar-refractivity contribution in [2.75, 3.05) is 19.7 Å². The van der Waals surface area contributed by atoms with Crippen molar-refractivity contribution in [1.29, 1.82) is 0 Å². The third kappa shape index (κ3) is 3.34. The predicted octanol–water partition coefficient (Wildman–Crippen LogP) is 2.23. The summed E-state index contributed by atoms with van der Waals surface area (Å²) in [5.41, 5.74) is 0.572. The number of hydrogen-bond donors (Lipinski definition) is 0. The summed E-state index contributed by atoms with van der Waals surface area (Å²) >= 11 is 0. The number of esters is 1. The molecule has 2 unspecified atom stereocenters. The van der Waals surface area contributed by atoms with Gasteiger partial charge in [-0.25, -0.2) is 4.79 Å². The fourth-order valence-electron chi connectivity index (χ4n) is 2.19. The number of carbonyl (C=O) groups is 1. The molecular weight excluding hydrogens is 202 g/mol. The zero-order valence-electron chi connectivity index (χ0n) is 10.7. The van der Waals surface area contributed by atoms with E-state index in [9.17, 15) is 4.79 Å². The van der Waals surface area contributed by atoms with E-state index in [2.05, 4.69) is 25.3 Å². The Bertz CT molecular complexity index is 263. The Balaban J connectivity index is 2.46. The van der Waals surface area contributed by atoms with E-state index in [1.165, 1.54) is 12.8 Å². The van der Waals surface area contributed by atoms with Gasteiger partial charge >= 0.3 is 5.97 Å². The van der Waals surface area contributed by atoms with Crippen LogP contribution in [0.1, 0.15) is 33.6 Å². The number of piperidine rings is 1. The second-order valence-corrected chi connectivity index (χ2v) is 4.65. The van der Waals surface area contributed by atoms with Gasteiger partial charge in [-0.2, -0.15) is 0 Å². The minimum absolute atomic E-state index is 0.257. The average molecular weight is 225 g/mol. The van der Waals surface area contributed by atoms with Gasteiger partial charge in [0.05, 0.1) is 6.61 Å². The molecule has 0 aromatic carbocycles. The van der Waals surface area contributed by atoms with Crippen LogP contribution < -0.4 is 0 Å². The molecule has 16 heavy (non-hydrogen) atoms. The van der Waals surface area contributed by atoms with Gasteiger partial charge in [-0.1, -0.05) is 13.5 Å². The maximum atomic E-state index is 11.5. The van der Waals surface area contributed by atoms with Crippen LogP contribution in [-0.2, 0) is 9.53 Å². The molecule has 3 nitrogen and oxygen atoms in total. The van der Waals surface area contributed by atoms with Crippen LogP contribution in [0.25, 0.3) is 0 Å². The molecule has 1 rings (SSSR count). The molecule has 0 saturated carbocycles. The SMILES string of the molecule is C=C(CN1CCCC(C)C1C)C(=O)OCC. The summed E-state index contributed by atoms with van der Waals surface area (Å²) in [6.45, 7) is 12.2. The molecule has 1 saturated heterocycles. The van der Waals surface area contributed by atoms with E-state index in [0.29, 0.717) is 30.7 Å². The molecule has 2 atom stereocenters. The summed E-state index contributed by atoms with van der Waals surface area (Å²) in [6, 6.07) is 0.528. The Hall–Kier alpha value is -0.830. The Kier molecular flexibility index (Phi) is 5.00. The van der Waals surface area contributed by atoms with Gasteiger partial charge in [-0.15, -0.1) is 0 Å². The van der Waals surface area contributed by atoms with E-state index in [4.69, 9.17) is 4.74 Å². The number of nitrogens with zero attached hydrogens (tertiary/aromatic N) is 1. The van der Waals surface area contributed by atoms with E-state index in [1.807, 2.05) is 6.92 Å². The molecule has 0 radical (unpaired) electrons. The molecule has 0 aromatic heterocycles. The minimum Gasteiger partial charge on any atom is -0.463 e. The summed E-state index contributed by atoms with van der Waals surface area (Å²) in [5, 5.41) is 0. The highest BCUT2D eigenvalue weighted by atomic mass is 16.5. The van der Waals surface area contributed by atoms with Crippen LogP contribution in [0.3, 0.4) is 0 Å². The summed E-state index contributed by atoms with van der Waals surface area (Å²) < 4.78 is 4.94. The van der Waals surface area contributed by atoms with Gasteiger partial charge in [0.1, 0.15) is 0 Å². The monoisotopic (exact) mass is 225 g/mol. The minimum atomic E-state index is -0.257. The first-order chi connectivity index (χ1) is 7.56. The largest absolute Gasteiger partial charge is 0.463 e. The van der Waals surface area contributed by atoms with E-state index in [0.717, 1.165) is 6.54 Å². The van der Waals surface area contributed by atoms with Gasteiger partial charge < -0.3 is 4.74 Å². The van der Waals surface area contributed by atoms with Crippen molar-refractivity contribution in [3.05, 3.63) is 12.2 Å². The van der Waals surface area contributed by atoms with Crippen LogP contribution in [0.4, 0.5) is 0 Å². The third-order valence-electron chi connectivity index (χ3n) is 3.46. The van der Waals surface area contributed by atoms with Crippen molar-refractivity contribution in [2.24, 2.45) is 5.92 Å². The molecule has 1 aliphatic rings. The highest BCUT2D eigenvalue weighted by Crippen LogP contribution is 2.23. The highest BCUT2D eigenvalue weighted by molar-refractivity contribution is 5.88. The third-order valence-corrected chi connectivity index (χ3v) is 3.46. The summed E-state index contributed by atoms with van der Waals surface area (Å²) in [6.07, 6.45) is 2.49. The smallest absolute Gasteiger partial charge is 0.334 e. The number of hydrogen-bond acceptors (Lipinski definition) is 3. The quantitative estimate of drug-likeness (QED) is 0.543. The summed E-state index contributed by atoms with van der Waals surface area (Å²) in [5.74, 6) is 0.441. The molecule has 1 heterocycles. The van der Waals surface area contributed by atoms with Crippen molar-refractivity contribution in [3.63, 3.8) is 0 Å². The standard InChI is InChI=1S/C13H23NO2/c1-5-16-13(15)11(3)9-14-8-6-7-10(2)12(14)4/h10,12H,3,5-9H2,1-2,4H3. The zero-order chi connectivity index (χ0) is 12.1. The van der Waals surface area contributed by atoms with Gasteiger partial charge in [-0.3, -0.25) is 4.90 Å². The van der Waals surface area contributed by atoms with Crippen LogP contribution in [-0.4, -0.2) is 36.6 Å². The number of rotatable bonds is 4. The van der Waals surface area contributed by atoms with E-state index in [-0.39, 0.29) is 5.97 Å². The van der Waals surface area contributed by atoms with E-state index >= 15 is 0 Å². The van der Waals surface area contributed by atoms with Gasteiger partial charge in [-0.05, 0) is 39.2 Å². The first-order valence-corrected chi connectivity index (χ1v) is 6.15. The van der Waals surface area contributed by atoms with Crippen molar-refractivity contribution >= 4 is 5.97 Å². The topological polar surface area (TPSA) is 29.5 Å². The van der Waals surface area contributed by atoms with Gasteiger partial charge in [0, 0.05) is 18.2 Å². The van der Waals surface area contributed by atoms with Crippen LogP contribution in [0.15, 0.2) is 12.2 Å². The second-order valence-electron chi connectivity index (χ2n) is 4.65. The molecular formula is C13H23NO2. The maximum absolute atomic E-state index is 11.5. The van der Waals surface area contributed by atoms with Crippen molar-refractivity contribution < 1.29 is 9.53 Å². The van der Waals surface area contributed by atoms with Crippen LogP contribution in [0.2, 0.25) is 0 Å². The maximum Gasteiger partial charge on any atom is 0.334 e. The Morgan fingerprint density at radius 2 is 2.19 bits per heavy atom. The lowest BCUT2D eigenvalue weighted by Crippen LogP contribution is -2.43. The lowest BCUT2D eigenvalue weighted by atomic mass is 9.92. The summed E-state index contributed by atoms with van der Waals surface area (Å²) in [7, 11) is 0. The van der Waals surface area contributed by atoms with Crippen LogP contribution in [0.5, 0.6) is 0 Å². The fraction of sp³-hybridized carbons (Fsp3) is 0.769. The molecule has 0 N–H and O–H groups in total. The van der Waals surface area contributed by atoms with Crippen molar-refractivity contribution in [3.8, 4) is 0 Å². The molecule has 0 aliphatic carbocycles. The number of carbonyl (C=O) groups excluding carboxylic acids is 1. The molecule has 1 fully saturated rings. The Labute approximate surface area is 98.5 Å².